The maximum absolute atomic E-state index is 11.7. The highest BCUT2D eigenvalue weighted by atomic mass is 16.5. The molecule has 1 saturated heterocycles. The molecular formula is C13H19N3O5. The van der Waals surface area contributed by atoms with E-state index in [4.69, 9.17) is 22.0 Å². The van der Waals surface area contributed by atoms with Gasteiger partial charge in [0, 0.05) is 12.3 Å². The Hall–Kier alpha value is -1.92. The van der Waals surface area contributed by atoms with Crippen LogP contribution in [0, 0.1) is 12.3 Å². The third-order valence-corrected chi connectivity index (χ3v) is 3.09. The van der Waals surface area contributed by atoms with Gasteiger partial charge in [-0.05, 0) is 0 Å². The zero-order valence-corrected chi connectivity index (χ0v) is 11.8. The van der Waals surface area contributed by atoms with Gasteiger partial charge in [-0.1, -0.05) is 19.8 Å². The minimum atomic E-state index is -1.69. The van der Waals surface area contributed by atoms with Gasteiger partial charge in [0.05, 0.1) is 6.61 Å². The van der Waals surface area contributed by atoms with Crippen LogP contribution in [0.15, 0.2) is 21.9 Å². The molecule has 0 saturated carbocycles. The largest absolute Gasteiger partial charge is 0.394 e. The highest BCUT2D eigenvalue weighted by Crippen LogP contribution is 2.35. The van der Waals surface area contributed by atoms with Crippen molar-refractivity contribution in [2.75, 3.05) is 6.61 Å². The first-order chi connectivity index (χ1) is 9.93. The third-order valence-electron chi connectivity index (χ3n) is 3.09. The molecule has 0 bridgehead atoms. The molecule has 1 aliphatic rings. The second-order valence-electron chi connectivity index (χ2n) is 4.25. The molecule has 2 rings (SSSR count). The fourth-order valence-corrected chi connectivity index (χ4v) is 2.01. The smallest absolute Gasteiger partial charge is 0.330 e. The number of hydrogen-bond acceptors (Lipinski definition) is 6. The van der Waals surface area contributed by atoms with Gasteiger partial charge in [-0.15, -0.1) is 6.42 Å². The van der Waals surface area contributed by atoms with Crippen molar-refractivity contribution in [1.29, 1.82) is 0 Å². The number of aromatic nitrogens is 2. The Morgan fingerprint density at radius 3 is 2.67 bits per heavy atom. The van der Waals surface area contributed by atoms with E-state index in [1.165, 1.54) is 0 Å². The predicted octanol–water partition coefficient (Wildman–Crippen LogP) is -1.86. The maximum atomic E-state index is 11.7. The van der Waals surface area contributed by atoms with Gasteiger partial charge in [0.15, 0.2) is 11.8 Å². The molecule has 1 fully saturated rings. The summed E-state index contributed by atoms with van der Waals surface area (Å²) in [4.78, 5) is 24.7. The SMILES string of the molecule is C#CC1(N)C(n2ccc(=O)[nH]c2=O)OC(CO)[C@@H]1O.CC. The summed E-state index contributed by atoms with van der Waals surface area (Å²) in [6, 6.07) is 1.10. The number of nitrogens with two attached hydrogens (primary N) is 1. The Labute approximate surface area is 121 Å². The van der Waals surface area contributed by atoms with Crippen LogP contribution in [0.3, 0.4) is 0 Å². The van der Waals surface area contributed by atoms with Crippen molar-refractivity contribution < 1.29 is 14.9 Å². The Bertz CT molecular complexity index is 632. The van der Waals surface area contributed by atoms with Crippen LogP contribution < -0.4 is 17.0 Å². The summed E-state index contributed by atoms with van der Waals surface area (Å²) < 4.78 is 6.28. The number of rotatable bonds is 2. The molecule has 8 heteroatoms. The Morgan fingerprint density at radius 2 is 2.19 bits per heavy atom. The Morgan fingerprint density at radius 1 is 1.57 bits per heavy atom. The average molecular weight is 297 g/mol. The summed E-state index contributed by atoms with van der Waals surface area (Å²) in [6.07, 6.45) is 2.93. The van der Waals surface area contributed by atoms with Gasteiger partial charge in [0.2, 0.25) is 0 Å². The molecule has 1 aromatic heterocycles. The molecule has 2 heterocycles. The van der Waals surface area contributed by atoms with E-state index in [9.17, 15) is 14.7 Å². The Kier molecular flexibility index (Phi) is 5.46. The average Bonchev–Trinajstić information content (AvgIpc) is 2.74. The van der Waals surface area contributed by atoms with E-state index in [1.54, 1.807) is 0 Å². The number of H-pyrrole nitrogens is 1. The summed E-state index contributed by atoms with van der Waals surface area (Å²) in [6.45, 7) is 3.50. The van der Waals surface area contributed by atoms with E-state index in [1.807, 2.05) is 18.8 Å². The quantitative estimate of drug-likeness (QED) is 0.474. The highest BCUT2D eigenvalue weighted by molar-refractivity contribution is 5.22. The van der Waals surface area contributed by atoms with E-state index in [0.29, 0.717) is 0 Å². The molecule has 5 N–H and O–H groups in total. The fraction of sp³-hybridized carbons (Fsp3) is 0.538. The molecule has 21 heavy (non-hydrogen) atoms. The minimum absolute atomic E-state index is 0.504. The summed E-state index contributed by atoms with van der Waals surface area (Å²) in [5.41, 5.74) is 2.84. The van der Waals surface area contributed by atoms with E-state index in [0.717, 1.165) is 16.8 Å². The lowest BCUT2D eigenvalue weighted by molar-refractivity contribution is -0.0477. The van der Waals surface area contributed by atoms with Gasteiger partial charge in [-0.25, -0.2) is 4.79 Å². The number of terminal acetylenes is 1. The molecule has 3 unspecified atom stereocenters. The molecule has 1 aromatic rings. The second kappa shape index (κ2) is 6.69. The zero-order valence-electron chi connectivity index (χ0n) is 11.8. The first-order valence-corrected chi connectivity index (χ1v) is 6.46. The van der Waals surface area contributed by atoms with Crippen molar-refractivity contribution >= 4 is 0 Å². The van der Waals surface area contributed by atoms with E-state index in [2.05, 4.69) is 5.92 Å². The van der Waals surface area contributed by atoms with Crippen molar-refractivity contribution in [3.8, 4) is 12.3 Å². The zero-order chi connectivity index (χ0) is 16.2. The van der Waals surface area contributed by atoms with Gasteiger partial charge in [-0.3, -0.25) is 14.3 Å². The molecule has 4 atom stereocenters. The molecule has 0 aliphatic carbocycles. The van der Waals surface area contributed by atoms with Crippen molar-refractivity contribution in [3.63, 3.8) is 0 Å². The lowest BCUT2D eigenvalue weighted by atomic mass is 9.92. The van der Waals surface area contributed by atoms with Gasteiger partial charge in [0.25, 0.3) is 5.56 Å². The first kappa shape index (κ1) is 17.1. The van der Waals surface area contributed by atoms with Crippen LogP contribution in [0.5, 0.6) is 0 Å². The van der Waals surface area contributed by atoms with Crippen LogP contribution in [0.1, 0.15) is 20.1 Å². The van der Waals surface area contributed by atoms with Crippen molar-refractivity contribution in [3.05, 3.63) is 33.1 Å². The standard InChI is InChI=1S/C11H13N3O5.C2H6/c1-2-11(12)8(17)6(5-15)19-9(11)14-4-3-7(16)13-10(14)18;1-2/h1,3-4,6,8-9,15,17H,5,12H2,(H,13,16,18);1-2H3/t6?,8-,9?,11?;/m0./s1. The summed E-state index contributed by atoms with van der Waals surface area (Å²) in [7, 11) is 0. The van der Waals surface area contributed by atoms with Gasteiger partial charge >= 0.3 is 5.69 Å². The first-order valence-electron chi connectivity index (χ1n) is 6.46. The molecular weight excluding hydrogens is 278 g/mol. The molecule has 0 amide bonds. The molecule has 8 nitrogen and oxygen atoms in total. The van der Waals surface area contributed by atoms with Crippen LogP contribution in [0.2, 0.25) is 0 Å². The number of ether oxygens (including phenoxy) is 1. The normalized spacial score (nSPS) is 31.1. The minimum Gasteiger partial charge on any atom is -0.394 e. The van der Waals surface area contributed by atoms with E-state index < -0.39 is 41.8 Å². The fourth-order valence-electron chi connectivity index (χ4n) is 2.01. The summed E-state index contributed by atoms with van der Waals surface area (Å²) in [5.74, 6) is 2.18. The number of aliphatic hydroxyl groups is 2. The monoisotopic (exact) mass is 297 g/mol. The number of nitrogens with one attached hydrogen (secondary N) is 1. The lowest BCUT2D eigenvalue weighted by Crippen LogP contribution is -2.55. The molecule has 0 spiro atoms. The van der Waals surface area contributed by atoms with Crippen molar-refractivity contribution in [2.24, 2.45) is 5.73 Å². The molecule has 0 aromatic carbocycles. The molecule has 116 valence electrons. The van der Waals surface area contributed by atoms with Crippen LogP contribution in [-0.2, 0) is 4.74 Å². The maximum Gasteiger partial charge on any atom is 0.330 e. The van der Waals surface area contributed by atoms with E-state index in [-0.39, 0.29) is 0 Å². The van der Waals surface area contributed by atoms with E-state index >= 15 is 0 Å². The lowest BCUT2D eigenvalue weighted by Gasteiger charge is -2.27. The molecule has 0 radical (unpaired) electrons. The van der Waals surface area contributed by atoms with Crippen LogP contribution in [0.25, 0.3) is 0 Å². The van der Waals surface area contributed by atoms with Gasteiger partial charge in [-0.2, -0.15) is 0 Å². The topological polar surface area (TPSA) is 131 Å². The number of nitrogens with zero attached hydrogens (tertiary/aromatic N) is 1. The molecule has 1 aliphatic heterocycles. The third kappa shape index (κ3) is 2.91. The predicted molar refractivity (Wildman–Crippen MR) is 75.4 cm³/mol. The van der Waals surface area contributed by atoms with Crippen molar-refractivity contribution in [2.45, 2.75) is 37.8 Å². The van der Waals surface area contributed by atoms with Crippen LogP contribution in [-0.4, -0.2) is 44.1 Å². The van der Waals surface area contributed by atoms with Crippen LogP contribution in [0.4, 0.5) is 0 Å². The van der Waals surface area contributed by atoms with Gasteiger partial charge in [0.1, 0.15) is 12.2 Å². The number of aromatic amines is 1. The Balaban J connectivity index is 0.00000106. The second-order valence-corrected chi connectivity index (χ2v) is 4.25. The summed E-state index contributed by atoms with van der Waals surface area (Å²) in [5, 5.41) is 19.0. The van der Waals surface area contributed by atoms with Gasteiger partial charge < -0.3 is 20.7 Å². The van der Waals surface area contributed by atoms with Crippen LogP contribution >= 0.6 is 0 Å². The van der Waals surface area contributed by atoms with Crippen molar-refractivity contribution in [1.82, 2.24) is 9.55 Å². The number of aliphatic hydroxyl groups excluding tert-OH is 2. The highest BCUT2D eigenvalue weighted by Gasteiger charge is 2.54. The summed E-state index contributed by atoms with van der Waals surface area (Å²) >= 11 is 0. The number of hydrogen-bond donors (Lipinski definition) is 4.